The predicted octanol–water partition coefficient (Wildman–Crippen LogP) is 2.43. The van der Waals surface area contributed by atoms with E-state index in [0.717, 1.165) is 18.7 Å². The molecule has 2 aromatic rings. The Labute approximate surface area is 123 Å². The molecule has 0 unspecified atom stereocenters. The third-order valence-corrected chi connectivity index (χ3v) is 2.82. The summed E-state index contributed by atoms with van der Waals surface area (Å²) in [4.78, 5) is 27.4. The van der Waals surface area contributed by atoms with Crippen LogP contribution in [0.1, 0.15) is 10.5 Å². The van der Waals surface area contributed by atoms with Crippen molar-refractivity contribution in [2.75, 3.05) is 5.32 Å². The Morgan fingerprint density at radius 3 is 2.81 bits per heavy atom. The first-order valence-electron chi connectivity index (χ1n) is 5.61. The van der Waals surface area contributed by atoms with E-state index in [1.165, 1.54) is 12.1 Å². The molecule has 0 saturated carbocycles. The zero-order chi connectivity index (χ0) is 15.4. The SMILES string of the molecule is N#C[C@H](C(=O)Nc1ccc(F)c(Cl)c1)C(=O)c1cocn1. The quantitative estimate of drug-likeness (QED) is 0.691. The average molecular weight is 308 g/mol. The lowest BCUT2D eigenvalue weighted by Gasteiger charge is -2.08. The highest BCUT2D eigenvalue weighted by molar-refractivity contribution is 6.31. The minimum atomic E-state index is -1.60. The zero-order valence-electron chi connectivity index (χ0n) is 10.3. The third-order valence-electron chi connectivity index (χ3n) is 2.53. The van der Waals surface area contributed by atoms with Crippen LogP contribution in [-0.4, -0.2) is 16.7 Å². The van der Waals surface area contributed by atoms with Gasteiger partial charge in [-0.1, -0.05) is 11.6 Å². The minimum absolute atomic E-state index is 0.131. The van der Waals surface area contributed by atoms with Gasteiger partial charge in [-0.05, 0) is 18.2 Å². The van der Waals surface area contributed by atoms with Crippen molar-refractivity contribution in [3.05, 3.63) is 47.4 Å². The van der Waals surface area contributed by atoms with E-state index in [0.29, 0.717) is 0 Å². The Hall–Kier alpha value is -2.72. The summed E-state index contributed by atoms with van der Waals surface area (Å²) in [6, 6.07) is 5.07. The van der Waals surface area contributed by atoms with Gasteiger partial charge in [0.15, 0.2) is 12.3 Å². The van der Waals surface area contributed by atoms with E-state index in [1.807, 2.05) is 0 Å². The molecule has 1 amide bonds. The van der Waals surface area contributed by atoms with E-state index in [4.69, 9.17) is 16.9 Å². The van der Waals surface area contributed by atoms with E-state index < -0.39 is 23.4 Å². The Kier molecular flexibility index (Phi) is 4.30. The van der Waals surface area contributed by atoms with Crippen molar-refractivity contribution in [3.63, 3.8) is 0 Å². The molecule has 106 valence electrons. The second-order valence-corrected chi connectivity index (χ2v) is 4.33. The molecule has 0 fully saturated rings. The van der Waals surface area contributed by atoms with Crippen molar-refractivity contribution in [2.45, 2.75) is 0 Å². The second-order valence-electron chi connectivity index (χ2n) is 3.92. The van der Waals surface area contributed by atoms with Crippen molar-refractivity contribution in [2.24, 2.45) is 5.92 Å². The van der Waals surface area contributed by atoms with Gasteiger partial charge in [-0.25, -0.2) is 9.37 Å². The summed E-state index contributed by atoms with van der Waals surface area (Å²) in [5.41, 5.74) is 0.0356. The Morgan fingerprint density at radius 2 is 2.24 bits per heavy atom. The first kappa shape index (κ1) is 14.7. The minimum Gasteiger partial charge on any atom is -0.451 e. The number of benzene rings is 1. The molecule has 0 aliphatic carbocycles. The standard InChI is InChI=1S/C13H7ClFN3O3/c14-9-3-7(1-2-10(9)15)18-13(20)8(4-16)12(19)11-5-21-6-17-11/h1-3,5-6,8H,(H,18,20)/t8-/m0/s1. The van der Waals surface area contributed by atoms with E-state index >= 15 is 0 Å². The van der Waals surface area contributed by atoms with Crippen molar-refractivity contribution >= 4 is 29.0 Å². The number of oxazole rings is 1. The summed E-state index contributed by atoms with van der Waals surface area (Å²) in [5.74, 6) is -3.91. The lowest BCUT2D eigenvalue weighted by atomic mass is 10.0. The molecule has 1 aromatic heterocycles. The molecule has 0 aliphatic rings. The molecule has 1 heterocycles. The number of ketones is 1. The number of hydrogen-bond acceptors (Lipinski definition) is 5. The molecule has 1 N–H and O–H groups in total. The molecule has 0 spiro atoms. The number of nitriles is 1. The van der Waals surface area contributed by atoms with Crippen LogP contribution in [0.25, 0.3) is 0 Å². The number of Topliss-reactive ketones (excluding diaryl/α,β-unsaturated/α-hetero) is 1. The van der Waals surface area contributed by atoms with Crippen LogP contribution in [0.4, 0.5) is 10.1 Å². The van der Waals surface area contributed by atoms with E-state index in [2.05, 4.69) is 14.7 Å². The molecule has 1 atom stereocenters. The molecule has 1 aromatic carbocycles. The van der Waals surface area contributed by atoms with Crippen LogP contribution in [0, 0.1) is 23.1 Å². The van der Waals surface area contributed by atoms with Gasteiger partial charge < -0.3 is 9.73 Å². The van der Waals surface area contributed by atoms with E-state index in [-0.39, 0.29) is 16.4 Å². The van der Waals surface area contributed by atoms with Crippen LogP contribution >= 0.6 is 11.6 Å². The molecule has 0 bridgehead atoms. The lowest BCUT2D eigenvalue weighted by Crippen LogP contribution is -2.28. The molecule has 0 aliphatic heterocycles. The number of nitrogens with zero attached hydrogens (tertiary/aromatic N) is 2. The first-order chi connectivity index (χ1) is 10.0. The van der Waals surface area contributed by atoms with Crippen LogP contribution in [0.5, 0.6) is 0 Å². The van der Waals surface area contributed by atoms with Crippen LogP contribution in [0.2, 0.25) is 5.02 Å². The highest BCUT2D eigenvalue weighted by atomic mass is 35.5. The molecule has 8 heteroatoms. The van der Waals surface area contributed by atoms with Gasteiger partial charge in [0.25, 0.3) is 0 Å². The molecule has 0 radical (unpaired) electrons. The number of aromatic nitrogens is 1. The fraction of sp³-hybridized carbons (Fsp3) is 0.0769. The maximum Gasteiger partial charge on any atom is 0.249 e. The van der Waals surface area contributed by atoms with Gasteiger partial charge in [0.2, 0.25) is 11.7 Å². The van der Waals surface area contributed by atoms with Gasteiger partial charge in [-0.3, -0.25) is 9.59 Å². The zero-order valence-corrected chi connectivity index (χ0v) is 11.1. The van der Waals surface area contributed by atoms with E-state index in [9.17, 15) is 14.0 Å². The molecule has 21 heavy (non-hydrogen) atoms. The highest BCUT2D eigenvalue weighted by Gasteiger charge is 2.29. The first-order valence-corrected chi connectivity index (χ1v) is 5.98. The Bertz CT molecular complexity index is 725. The number of nitrogens with one attached hydrogen (secondary N) is 1. The number of rotatable bonds is 4. The maximum atomic E-state index is 13.0. The van der Waals surface area contributed by atoms with Gasteiger partial charge in [0.05, 0.1) is 11.1 Å². The second kappa shape index (κ2) is 6.15. The largest absolute Gasteiger partial charge is 0.451 e. The normalized spacial score (nSPS) is 11.5. The van der Waals surface area contributed by atoms with Crippen LogP contribution in [0.3, 0.4) is 0 Å². The number of anilines is 1. The summed E-state index contributed by atoms with van der Waals surface area (Å²) < 4.78 is 17.6. The highest BCUT2D eigenvalue weighted by Crippen LogP contribution is 2.20. The van der Waals surface area contributed by atoms with Crippen molar-refractivity contribution < 1.29 is 18.4 Å². The maximum absolute atomic E-state index is 13.0. The summed E-state index contributed by atoms with van der Waals surface area (Å²) in [5, 5.41) is 11.1. The predicted molar refractivity (Wildman–Crippen MR) is 70.0 cm³/mol. The summed E-state index contributed by atoms with van der Waals surface area (Å²) in [6.07, 6.45) is 2.05. The number of halogens is 2. The molecule has 0 saturated heterocycles. The summed E-state index contributed by atoms with van der Waals surface area (Å²) in [7, 11) is 0. The number of carbonyl (C=O) groups is 2. The molecule has 2 rings (SSSR count). The lowest BCUT2D eigenvalue weighted by molar-refractivity contribution is -0.117. The topological polar surface area (TPSA) is 96.0 Å². The molecule has 6 nitrogen and oxygen atoms in total. The van der Waals surface area contributed by atoms with Crippen LogP contribution < -0.4 is 5.32 Å². The molecular formula is C13H7ClFN3O3. The fourth-order valence-electron chi connectivity index (χ4n) is 1.51. The number of amides is 1. The smallest absolute Gasteiger partial charge is 0.249 e. The van der Waals surface area contributed by atoms with Gasteiger partial charge >= 0.3 is 0 Å². The number of carbonyl (C=O) groups excluding carboxylic acids is 2. The third kappa shape index (κ3) is 3.24. The monoisotopic (exact) mass is 307 g/mol. The number of hydrogen-bond donors (Lipinski definition) is 1. The Morgan fingerprint density at radius 1 is 1.48 bits per heavy atom. The van der Waals surface area contributed by atoms with E-state index in [1.54, 1.807) is 6.07 Å². The van der Waals surface area contributed by atoms with Crippen LogP contribution in [0.15, 0.2) is 35.3 Å². The van der Waals surface area contributed by atoms with Gasteiger partial charge in [0.1, 0.15) is 17.8 Å². The van der Waals surface area contributed by atoms with Crippen molar-refractivity contribution in [3.8, 4) is 6.07 Å². The summed E-state index contributed by atoms with van der Waals surface area (Å²) in [6.45, 7) is 0. The molecular weight excluding hydrogens is 301 g/mol. The Balaban J connectivity index is 2.16. The van der Waals surface area contributed by atoms with Crippen molar-refractivity contribution in [1.82, 2.24) is 4.98 Å². The van der Waals surface area contributed by atoms with Crippen molar-refractivity contribution in [1.29, 1.82) is 5.26 Å². The van der Waals surface area contributed by atoms with Gasteiger partial charge in [-0.15, -0.1) is 0 Å². The summed E-state index contributed by atoms with van der Waals surface area (Å²) >= 11 is 5.57. The van der Waals surface area contributed by atoms with Crippen LogP contribution in [-0.2, 0) is 4.79 Å². The average Bonchev–Trinajstić information content (AvgIpc) is 2.97. The van der Waals surface area contributed by atoms with Gasteiger partial charge in [0, 0.05) is 5.69 Å². The van der Waals surface area contributed by atoms with Gasteiger partial charge in [-0.2, -0.15) is 5.26 Å². The fourth-order valence-corrected chi connectivity index (χ4v) is 1.69.